The molecule has 0 amide bonds. The quantitative estimate of drug-likeness (QED) is 0.750. The molecule has 0 bridgehead atoms. The Morgan fingerprint density at radius 3 is 2.68 bits per heavy atom. The standard InChI is InChI=1S/C15H30N2O2/c1-6-16-15(4,14(18)19-5)8-10-17-9-7-12(2)11-13(17)3/h12-13,16H,6-11H2,1-5H3. The van der Waals surface area contributed by atoms with Gasteiger partial charge >= 0.3 is 5.97 Å². The Morgan fingerprint density at radius 1 is 1.47 bits per heavy atom. The van der Waals surface area contributed by atoms with Crippen molar-refractivity contribution in [3.05, 3.63) is 0 Å². The third-order valence-corrected chi connectivity index (χ3v) is 4.38. The van der Waals surface area contributed by atoms with Gasteiger partial charge in [0.25, 0.3) is 0 Å². The number of piperidine rings is 1. The van der Waals surface area contributed by atoms with Crippen LogP contribution in [-0.2, 0) is 9.53 Å². The summed E-state index contributed by atoms with van der Waals surface area (Å²) in [5.74, 6) is 0.666. The Hall–Kier alpha value is -0.610. The fourth-order valence-electron chi connectivity index (χ4n) is 3.03. The molecule has 0 radical (unpaired) electrons. The van der Waals surface area contributed by atoms with Crippen molar-refractivity contribution >= 4 is 5.97 Å². The molecule has 1 N–H and O–H groups in total. The zero-order chi connectivity index (χ0) is 14.5. The predicted molar refractivity (Wildman–Crippen MR) is 78.1 cm³/mol. The third-order valence-electron chi connectivity index (χ3n) is 4.38. The molecular formula is C15H30N2O2. The molecule has 1 fully saturated rings. The lowest BCUT2D eigenvalue weighted by molar-refractivity contribution is -0.148. The Kier molecular flexibility index (Phi) is 6.27. The van der Waals surface area contributed by atoms with Crippen molar-refractivity contribution in [1.29, 1.82) is 0 Å². The van der Waals surface area contributed by atoms with Crippen LogP contribution in [0.4, 0.5) is 0 Å². The molecule has 0 aromatic rings. The summed E-state index contributed by atoms with van der Waals surface area (Å²) in [7, 11) is 1.46. The van der Waals surface area contributed by atoms with Gasteiger partial charge in [-0.3, -0.25) is 4.79 Å². The summed E-state index contributed by atoms with van der Waals surface area (Å²) in [4.78, 5) is 14.4. The third kappa shape index (κ3) is 4.46. The van der Waals surface area contributed by atoms with Crippen LogP contribution in [0.3, 0.4) is 0 Å². The van der Waals surface area contributed by atoms with E-state index in [1.165, 1.54) is 20.0 Å². The van der Waals surface area contributed by atoms with Crippen LogP contribution in [0.25, 0.3) is 0 Å². The molecule has 4 heteroatoms. The van der Waals surface area contributed by atoms with Crippen molar-refractivity contribution in [1.82, 2.24) is 10.2 Å². The van der Waals surface area contributed by atoms with Gasteiger partial charge in [-0.2, -0.15) is 0 Å². The molecule has 1 rings (SSSR count). The summed E-state index contributed by atoms with van der Waals surface area (Å²) in [5, 5.41) is 3.27. The molecule has 4 nitrogen and oxygen atoms in total. The van der Waals surface area contributed by atoms with E-state index in [1.807, 2.05) is 13.8 Å². The van der Waals surface area contributed by atoms with Crippen molar-refractivity contribution in [3.8, 4) is 0 Å². The molecule has 0 spiro atoms. The number of nitrogens with one attached hydrogen (secondary N) is 1. The molecule has 19 heavy (non-hydrogen) atoms. The van der Waals surface area contributed by atoms with E-state index in [0.29, 0.717) is 6.04 Å². The van der Waals surface area contributed by atoms with E-state index in [2.05, 4.69) is 24.1 Å². The normalized spacial score (nSPS) is 27.8. The second-order valence-electron chi connectivity index (χ2n) is 6.12. The van der Waals surface area contributed by atoms with E-state index in [-0.39, 0.29) is 5.97 Å². The highest BCUT2D eigenvalue weighted by atomic mass is 16.5. The number of hydrogen-bond acceptors (Lipinski definition) is 4. The van der Waals surface area contributed by atoms with Gasteiger partial charge < -0.3 is 15.0 Å². The molecule has 0 aromatic heterocycles. The first-order valence-corrected chi connectivity index (χ1v) is 7.50. The Labute approximate surface area is 117 Å². The summed E-state index contributed by atoms with van der Waals surface area (Å²) >= 11 is 0. The molecule has 1 heterocycles. The lowest BCUT2D eigenvalue weighted by atomic mass is 9.91. The first-order chi connectivity index (χ1) is 8.92. The summed E-state index contributed by atoms with van der Waals surface area (Å²) in [6.45, 7) is 11.5. The van der Waals surface area contributed by atoms with Crippen LogP contribution in [-0.4, -0.2) is 49.2 Å². The Morgan fingerprint density at radius 2 is 2.16 bits per heavy atom. The minimum absolute atomic E-state index is 0.160. The van der Waals surface area contributed by atoms with Gasteiger partial charge in [-0.25, -0.2) is 0 Å². The smallest absolute Gasteiger partial charge is 0.325 e. The van der Waals surface area contributed by atoms with Crippen molar-refractivity contribution in [2.24, 2.45) is 5.92 Å². The average Bonchev–Trinajstić information content (AvgIpc) is 2.37. The lowest BCUT2D eigenvalue weighted by Crippen LogP contribution is -2.53. The number of likely N-dealkylation sites (tertiary alicyclic amines) is 1. The van der Waals surface area contributed by atoms with Crippen LogP contribution in [0.5, 0.6) is 0 Å². The zero-order valence-corrected chi connectivity index (χ0v) is 13.2. The van der Waals surface area contributed by atoms with Gasteiger partial charge in [0.2, 0.25) is 0 Å². The number of carbonyl (C=O) groups excluding carboxylic acids is 1. The lowest BCUT2D eigenvalue weighted by Gasteiger charge is -2.38. The number of hydrogen-bond donors (Lipinski definition) is 1. The molecule has 0 aromatic carbocycles. The molecule has 1 aliphatic heterocycles. The summed E-state index contributed by atoms with van der Waals surface area (Å²) in [6.07, 6.45) is 3.32. The van der Waals surface area contributed by atoms with Crippen LogP contribution in [0.1, 0.15) is 47.0 Å². The average molecular weight is 270 g/mol. The van der Waals surface area contributed by atoms with E-state index in [1.54, 1.807) is 0 Å². The number of methoxy groups -OCH3 is 1. The molecule has 3 unspecified atom stereocenters. The number of rotatable bonds is 6. The van der Waals surface area contributed by atoms with E-state index in [4.69, 9.17) is 4.74 Å². The number of nitrogens with zero attached hydrogens (tertiary/aromatic N) is 1. The highest BCUT2D eigenvalue weighted by Gasteiger charge is 2.34. The van der Waals surface area contributed by atoms with Crippen LogP contribution < -0.4 is 5.32 Å². The van der Waals surface area contributed by atoms with Crippen molar-refractivity contribution in [3.63, 3.8) is 0 Å². The maximum absolute atomic E-state index is 11.9. The van der Waals surface area contributed by atoms with Crippen LogP contribution in [0.2, 0.25) is 0 Å². The van der Waals surface area contributed by atoms with E-state index in [9.17, 15) is 4.79 Å². The molecule has 1 saturated heterocycles. The zero-order valence-electron chi connectivity index (χ0n) is 13.2. The minimum atomic E-state index is -0.563. The van der Waals surface area contributed by atoms with Crippen LogP contribution in [0, 0.1) is 5.92 Å². The van der Waals surface area contributed by atoms with Gasteiger partial charge in [-0.05, 0) is 52.1 Å². The van der Waals surface area contributed by atoms with Crippen molar-refractivity contribution in [2.75, 3.05) is 26.7 Å². The molecular weight excluding hydrogens is 240 g/mol. The topological polar surface area (TPSA) is 41.6 Å². The second kappa shape index (κ2) is 7.25. The molecule has 112 valence electrons. The van der Waals surface area contributed by atoms with Gasteiger partial charge in [0, 0.05) is 12.6 Å². The number of carbonyl (C=O) groups is 1. The largest absolute Gasteiger partial charge is 0.468 e. The van der Waals surface area contributed by atoms with Crippen LogP contribution in [0.15, 0.2) is 0 Å². The van der Waals surface area contributed by atoms with Gasteiger partial charge in [0.15, 0.2) is 0 Å². The fraction of sp³-hybridized carbons (Fsp3) is 0.933. The number of esters is 1. The van der Waals surface area contributed by atoms with Crippen LogP contribution >= 0.6 is 0 Å². The number of likely N-dealkylation sites (N-methyl/N-ethyl adjacent to an activating group) is 1. The van der Waals surface area contributed by atoms with E-state index < -0.39 is 5.54 Å². The molecule has 0 saturated carbocycles. The maximum Gasteiger partial charge on any atom is 0.325 e. The Balaban J connectivity index is 2.54. The monoisotopic (exact) mass is 270 g/mol. The van der Waals surface area contributed by atoms with Gasteiger partial charge in [-0.15, -0.1) is 0 Å². The fourth-order valence-corrected chi connectivity index (χ4v) is 3.03. The summed E-state index contributed by atoms with van der Waals surface area (Å²) in [6, 6.07) is 0.618. The molecule has 0 aliphatic carbocycles. The predicted octanol–water partition coefficient (Wildman–Crippen LogP) is 2.04. The van der Waals surface area contributed by atoms with Gasteiger partial charge in [0.1, 0.15) is 5.54 Å². The molecule has 1 aliphatic rings. The second-order valence-corrected chi connectivity index (χ2v) is 6.12. The maximum atomic E-state index is 11.9. The molecule has 3 atom stereocenters. The first-order valence-electron chi connectivity index (χ1n) is 7.50. The summed E-state index contributed by atoms with van der Waals surface area (Å²) < 4.78 is 4.93. The number of ether oxygens (including phenoxy) is 1. The first kappa shape index (κ1) is 16.4. The minimum Gasteiger partial charge on any atom is -0.468 e. The van der Waals surface area contributed by atoms with E-state index in [0.717, 1.165) is 32.0 Å². The van der Waals surface area contributed by atoms with Gasteiger partial charge in [-0.1, -0.05) is 13.8 Å². The van der Waals surface area contributed by atoms with Crippen molar-refractivity contribution in [2.45, 2.75) is 58.5 Å². The Bertz CT molecular complexity index is 296. The highest BCUT2D eigenvalue weighted by molar-refractivity contribution is 5.80. The highest BCUT2D eigenvalue weighted by Crippen LogP contribution is 2.23. The van der Waals surface area contributed by atoms with E-state index >= 15 is 0 Å². The van der Waals surface area contributed by atoms with Crippen molar-refractivity contribution < 1.29 is 9.53 Å². The SMILES string of the molecule is CCNC(C)(CCN1CCC(C)CC1C)C(=O)OC. The van der Waals surface area contributed by atoms with Gasteiger partial charge in [0.05, 0.1) is 7.11 Å². The summed E-state index contributed by atoms with van der Waals surface area (Å²) in [5.41, 5.74) is -0.563.